The van der Waals surface area contributed by atoms with Gasteiger partial charge in [-0.15, -0.1) is 0 Å². The van der Waals surface area contributed by atoms with Crippen LogP contribution < -0.4 is 0 Å². The second-order valence-corrected chi connectivity index (χ2v) is 5.20. The molecule has 0 aromatic heterocycles. The highest BCUT2D eigenvalue weighted by Gasteiger charge is 2.36. The third kappa shape index (κ3) is 1.45. The molecule has 3 heterocycles. The van der Waals surface area contributed by atoms with Crippen molar-refractivity contribution in [1.82, 2.24) is 10.0 Å². The van der Waals surface area contributed by atoms with Crippen LogP contribution in [0, 0.1) is 0 Å². The smallest absolute Gasteiger partial charge is 0.333 e. The zero-order chi connectivity index (χ0) is 13.7. The first kappa shape index (κ1) is 11.3. The Morgan fingerprint density at radius 3 is 3.00 bits per heavy atom. The van der Waals surface area contributed by atoms with E-state index in [0.29, 0.717) is 12.0 Å². The second-order valence-electron chi connectivity index (χ2n) is 5.20. The minimum Gasteiger partial charge on any atom is -0.478 e. The van der Waals surface area contributed by atoms with Gasteiger partial charge in [-0.3, -0.25) is 10.0 Å². The van der Waals surface area contributed by atoms with Crippen molar-refractivity contribution in [3.8, 4) is 0 Å². The first-order valence-electron chi connectivity index (χ1n) is 6.73. The summed E-state index contributed by atoms with van der Waals surface area (Å²) in [6.07, 6.45) is 9.35. The van der Waals surface area contributed by atoms with Crippen molar-refractivity contribution >= 4 is 11.7 Å². The van der Waals surface area contributed by atoms with Crippen molar-refractivity contribution in [3.05, 3.63) is 65.5 Å². The van der Waals surface area contributed by atoms with Crippen LogP contribution in [0.2, 0.25) is 0 Å². The predicted octanol–water partition coefficient (Wildman–Crippen LogP) is 2.89. The van der Waals surface area contributed by atoms with Crippen molar-refractivity contribution < 1.29 is 9.90 Å². The standard InChI is InChI=1S/C16H14N2O2/c19-16(20)11-7-8-15-13-5-2-1-4-12(13)14-6-3-9-17(14)18(15)10-11/h1-5,8-10,14H,6-7H2,(H,19,20). The van der Waals surface area contributed by atoms with E-state index >= 15 is 0 Å². The van der Waals surface area contributed by atoms with Crippen LogP contribution in [-0.2, 0) is 4.79 Å². The largest absolute Gasteiger partial charge is 0.478 e. The first-order valence-corrected chi connectivity index (χ1v) is 6.73. The fourth-order valence-electron chi connectivity index (χ4n) is 3.16. The molecular weight excluding hydrogens is 252 g/mol. The van der Waals surface area contributed by atoms with Crippen LogP contribution in [-0.4, -0.2) is 21.1 Å². The Labute approximate surface area is 116 Å². The van der Waals surface area contributed by atoms with E-state index in [0.717, 1.165) is 12.1 Å². The van der Waals surface area contributed by atoms with Gasteiger partial charge >= 0.3 is 5.97 Å². The van der Waals surface area contributed by atoms with Crippen molar-refractivity contribution in [2.45, 2.75) is 18.9 Å². The molecule has 0 amide bonds. The summed E-state index contributed by atoms with van der Waals surface area (Å²) in [7, 11) is 0. The zero-order valence-corrected chi connectivity index (χ0v) is 10.9. The summed E-state index contributed by atoms with van der Waals surface area (Å²) in [6.45, 7) is 0. The molecule has 0 saturated carbocycles. The number of carboxylic acids is 1. The highest BCUT2D eigenvalue weighted by atomic mass is 16.4. The average molecular weight is 266 g/mol. The fraction of sp³-hybridized carbons (Fsp3) is 0.188. The van der Waals surface area contributed by atoms with Gasteiger partial charge in [0.1, 0.15) is 0 Å². The Kier molecular flexibility index (Phi) is 2.27. The molecule has 1 atom stereocenters. The van der Waals surface area contributed by atoms with Crippen LogP contribution >= 0.6 is 0 Å². The molecule has 0 spiro atoms. The van der Waals surface area contributed by atoms with Crippen LogP contribution in [0.25, 0.3) is 5.70 Å². The SMILES string of the molecule is O=C(O)C1=CN2C(=CC1)c1ccccc1C1CC=CN12. The minimum atomic E-state index is -0.848. The monoisotopic (exact) mass is 266 g/mol. The van der Waals surface area contributed by atoms with Gasteiger partial charge in [0.05, 0.1) is 17.3 Å². The lowest BCUT2D eigenvalue weighted by Gasteiger charge is -2.44. The molecule has 0 aliphatic carbocycles. The Balaban J connectivity index is 1.88. The number of nitrogens with zero attached hydrogens (tertiary/aromatic N) is 2. The molecule has 1 unspecified atom stereocenters. The lowest BCUT2D eigenvalue weighted by Crippen LogP contribution is -2.40. The summed E-state index contributed by atoms with van der Waals surface area (Å²) in [4.78, 5) is 11.2. The maximum atomic E-state index is 11.2. The average Bonchev–Trinajstić information content (AvgIpc) is 2.96. The fourth-order valence-corrected chi connectivity index (χ4v) is 3.16. The zero-order valence-electron chi connectivity index (χ0n) is 10.9. The molecule has 4 heteroatoms. The van der Waals surface area contributed by atoms with Crippen molar-refractivity contribution in [3.63, 3.8) is 0 Å². The number of hydrazine groups is 1. The molecule has 20 heavy (non-hydrogen) atoms. The van der Waals surface area contributed by atoms with Gasteiger partial charge in [-0.05, 0) is 12.0 Å². The number of carbonyl (C=O) groups is 1. The Morgan fingerprint density at radius 1 is 1.30 bits per heavy atom. The van der Waals surface area contributed by atoms with Crippen molar-refractivity contribution in [1.29, 1.82) is 0 Å². The molecule has 3 aliphatic heterocycles. The number of rotatable bonds is 1. The number of fused-ring (bicyclic) bond motifs is 6. The van der Waals surface area contributed by atoms with Gasteiger partial charge in [0, 0.05) is 24.4 Å². The summed E-state index contributed by atoms with van der Waals surface area (Å²) in [5.74, 6) is -0.848. The molecule has 0 fully saturated rings. The Hall–Kier alpha value is -2.49. The molecule has 1 aromatic carbocycles. The van der Waals surface area contributed by atoms with Crippen LogP contribution in [0.1, 0.15) is 30.0 Å². The molecule has 100 valence electrons. The van der Waals surface area contributed by atoms with E-state index in [2.05, 4.69) is 29.3 Å². The summed E-state index contributed by atoms with van der Waals surface area (Å²) in [5.41, 5.74) is 4.02. The first-order chi connectivity index (χ1) is 9.75. The third-order valence-corrected chi connectivity index (χ3v) is 4.10. The molecule has 3 aliphatic rings. The maximum Gasteiger partial charge on any atom is 0.333 e. The number of allylic oxidation sites excluding steroid dienone is 1. The van der Waals surface area contributed by atoms with Crippen molar-refractivity contribution in [2.75, 3.05) is 0 Å². The highest BCUT2D eigenvalue weighted by Crippen LogP contribution is 2.45. The van der Waals surface area contributed by atoms with Crippen LogP contribution in [0.15, 0.2) is 54.4 Å². The minimum absolute atomic E-state index is 0.271. The molecule has 0 bridgehead atoms. The van der Waals surface area contributed by atoms with Gasteiger partial charge in [0.15, 0.2) is 0 Å². The molecule has 0 saturated heterocycles. The van der Waals surface area contributed by atoms with Gasteiger partial charge < -0.3 is 5.11 Å². The summed E-state index contributed by atoms with van der Waals surface area (Å²) in [6, 6.07) is 8.64. The summed E-state index contributed by atoms with van der Waals surface area (Å²) >= 11 is 0. The quantitative estimate of drug-likeness (QED) is 0.848. The van der Waals surface area contributed by atoms with E-state index in [1.54, 1.807) is 6.20 Å². The molecule has 0 radical (unpaired) electrons. The Morgan fingerprint density at radius 2 is 2.15 bits per heavy atom. The molecular formula is C16H14N2O2. The van der Waals surface area contributed by atoms with Gasteiger partial charge in [-0.25, -0.2) is 4.79 Å². The topological polar surface area (TPSA) is 43.8 Å². The van der Waals surface area contributed by atoms with E-state index in [4.69, 9.17) is 0 Å². The van der Waals surface area contributed by atoms with Crippen molar-refractivity contribution in [2.24, 2.45) is 0 Å². The van der Waals surface area contributed by atoms with Crippen LogP contribution in [0.5, 0.6) is 0 Å². The highest BCUT2D eigenvalue weighted by molar-refractivity contribution is 5.88. The van der Waals surface area contributed by atoms with Gasteiger partial charge in [0.25, 0.3) is 0 Å². The number of hydrogen-bond donors (Lipinski definition) is 1. The van der Waals surface area contributed by atoms with Crippen LogP contribution in [0.3, 0.4) is 0 Å². The lowest BCUT2D eigenvalue weighted by molar-refractivity contribution is -0.132. The number of benzene rings is 1. The lowest BCUT2D eigenvalue weighted by atomic mass is 9.92. The predicted molar refractivity (Wildman–Crippen MR) is 74.9 cm³/mol. The number of hydrogen-bond acceptors (Lipinski definition) is 3. The third-order valence-electron chi connectivity index (χ3n) is 4.10. The van der Waals surface area contributed by atoms with E-state index in [1.165, 1.54) is 11.1 Å². The number of carboxylic acid groups (broad SMARTS) is 1. The molecule has 1 aromatic rings. The summed E-state index contributed by atoms with van der Waals surface area (Å²) in [5, 5.41) is 13.3. The van der Waals surface area contributed by atoms with Gasteiger partial charge in [0.2, 0.25) is 0 Å². The molecule has 4 rings (SSSR count). The van der Waals surface area contributed by atoms with Crippen LogP contribution in [0.4, 0.5) is 0 Å². The normalized spacial score (nSPS) is 22.7. The van der Waals surface area contributed by atoms with E-state index in [9.17, 15) is 9.90 Å². The van der Waals surface area contributed by atoms with E-state index in [-0.39, 0.29) is 6.04 Å². The number of aliphatic carboxylic acids is 1. The maximum absolute atomic E-state index is 11.2. The van der Waals surface area contributed by atoms with Gasteiger partial charge in [-0.1, -0.05) is 36.4 Å². The van der Waals surface area contributed by atoms with E-state index < -0.39 is 5.97 Å². The summed E-state index contributed by atoms with van der Waals surface area (Å²) < 4.78 is 0. The van der Waals surface area contributed by atoms with E-state index in [1.807, 2.05) is 23.4 Å². The molecule has 1 N–H and O–H groups in total. The molecule has 4 nitrogen and oxygen atoms in total. The Bertz CT molecular complexity index is 687. The van der Waals surface area contributed by atoms with Gasteiger partial charge in [-0.2, -0.15) is 0 Å². The second kappa shape index (κ2) is 4.00.